The van der Waals surface area contributed by atoms with Crippen LogP contribution in [0.1, 0.15) is 30.1 Å². The second-order valence-electron chi connectivity index (χ2n) is 5.81. The van der Waals surface area contributed by atoms with Crippen molar-refractivity contribution in [2.75, 3.05) is 24.2 Å². The molecule has 26 heavy (non-hydrogen) atoms. The fourth-order valence-electron chi connectivity index (χ4n) is 2.36. The number of rotatable bonds is 6. The Balaban J connectivity index is 1.75. The Morgan fingerprint density at radius 2 is 1.88 bits per heavy atom. The van der Waals surface area contributed by atoms with Gasteiger partial charge in [-0.3, -0.25) is 14.4 Å². The van der Waals surface area contributed by atoms with Crippen molar-refractivity contribution in [1.29, 1.82) is 0 Å². The number of thioether (sulfide) groups is 1. The van der Waals surface area contributed by atoms with Gasteiger partial charge in [0.15, 0.2) is 6.10 Å². The minimum Gasteiger partial charge on any atom is -0.452 e. The van der Waals surface area contributed by atoms with Gasteiger partial charge < -0.3 is 20.7 Å². The average Bonchev–Trinajstić information content (AvgIpc) is 3.14. The number of ether oxygens (including phenoxy) is 1. The Bertz CT molecular complexity index is 688. The highest BCUT2D eigenvalue weighted by molar-refractivity contribution is 8.23. The second kappa shape index (κ2) is 9.54. The molecule has 9 heteroatoms. The zero-order chi connectivity index (χ0) is 19.1. The van der Waals surface area contributed by atoms with Crippen LogP contribution in [0.15, 0.2) is 24.3 Å². The number of hydrogen-bond donors (Lipinski definition) is 2. The molecule has 1 atom stereocenters. The number of primary amides is 1. The first-order valence-corrected chi connectivity index (χ1v) is 9.58. The molecule has 0 spiro atoms. The Morgan fingerprint density at radius 3 is 2.46 bits per heavy atom. The van der Waals surface area contributed by atoms with Crippen LogP contribution >= 0.6 is 24.0 Å². The van der Waals surface area contributed by atoms with Crippen LogP contribution in [0.25, 0.3) is 0 Å². The van der Waals surface area contributed by atoms with Gasteiger partial charge in [-0.2, -0.15) is 0 Å². The SMILES string of the molecule is C[C@H](OC(=O)CSC(=S)N1CCCC1)C(=O)Nc1ccc(C(N)=O)cc1. The zero-order valence-corrected chi connectivity index (χ0v) is 16.0. The average molecular weight is 396 g/mol. The number of amides is 2. The molecule has 0 saturated carbocycles. The molecule has 1 fully saturated rings. The summed E-state index contributed by atoms with van der Waals surface area (Å²) in [6, 6.07) is 6.11. The lowest BCUT2D eigenvalue weighted by Gasteiger charge is -2.18. The van der Waals surface area contributed by atoms with Gasteiger partial charge in [0.1, 0.15) is 4.32 Å². The van der Waals surface area contributed by atoms with Crippen molar-refractivity contribution in [1.82, 2.24) is 4.90 Å². The van der Waals surface area contributed by atoms with E-state index in [1.807, 2.05) is 0 Å². The van der Waals surface area contributed by atoms with Crippen LogP contribution in [-0.2, 0) is 14.3 Å². The number of carbonyl (C=O) groups is 3. The maximum atomic E-state index is 12.1. The molecule has 0 radical (unpaired) electrons. The molecule has 0 aromatic heterocycles. The number of thiocarbonyl (C=S) groups is 1. The number of benzene rings is 1. The summed E-state index contributed by atoms with van der Waals surface area (Å²) in [5.74, 6) is -1.43. The lowest BCUT2D eigenvalue weighted by atomic mass is 10.2. The van der Waals surface area contributed by atoms with Crippen LogP contribution in [0.5, 0.6) is 0 Å². The van der Waals surface area contributed by atoms with Crippen LogP contribution in [0, 0.1) is 0 Å². The molecule has 2 amide bonds. The lowest BCUT2D eigenvalue weighted by molar-refractivity contribution is -0.150. The van der Waals surface area contributed by atoms with Crippen molar-refractivity contribution in [2.24, 2.45) is 5.73 Å². The quantitative estimate of drug-likeness (QED) is 0.559. The lowest BCUT2D eigenvalue weighted by Crippen LogP contribution is -2.31. The highest BCUT2D eigenvalue weighted by atomic mass is 32.2. The number of nitrogens with two attached hydrogens (primary N) is 1. The molecule has 1 aliphatic heterocycles. The van der Waals surface area contributed by atoms with Crippen molar-refractivity contribution in [3.05, 3.63) is 29.8 Å². The van der Waals surface area contributed by atoms with E-state index in [9.17, 15) is 14.4 Å². The Hall–Kier alpha value is -2.13. The molecule has 1 aliphatic rings. The highest BCUT2D eigenvalue weighted by Crippen LogP contribution is 2.16. The summed E-state index contributed by atoms with van der Waals surface area (Å²) < 4.78 is 5.82. The number of anilines is 1. The maximum Gasteiger partial charge on any atom is 0.317 e. The molecule has 7 nitrogen and oxygen atoms in total. The van der Waals surface area contributed by atoms with Crippen molar-refractivity contribution in [3.63, 3.8) is 0 Å². The fourth-order valence-corrected chi connectivity index (χ4v) is 3.39. The van der Waals surface area contributed by atoms with Crippen LogP contribution in [0.4, 0.5) is 5.69 Å². The third-order valence-electron chi connectivity index (χ3n) is 3.79. The third kappa shape index (κ3) is 5.99. The summed E-state index contributed by atoms with van der Waals surface area (Å²) in [4.78, 5) is 37.1. The third-order valence-corrected chi connectivity index (χ3v) is 5.29. The summed E-state index contributed by atoms with van der Waals surface area (Å²) >= 11 is 6.53. The smallest absolute Gasteiger partial charge is 0.317 e. The molecular weight excluding hydrogens is 374 g/mol. The predicted octanol–water partition coefficient (Wildman–Crippen LogP) is 1.77. The number of nitrogens with one attached hydrogen (secondary N) is 1. The van der Waals surface area contributed by atoms with E-state index >= 15 is 0 Å². The monoisotopic (exact) mass is 395 g/mol. The fraction of sp³-hybridized carbons (Fsp3) is 0.412. The summed E-state index contributed by atoms with van der Waals surface area (Å²) in [5.41, 5.74) is 5.98. The number of nitrogens with zero attached hydrogens (tertiary/aromatic N) is 1. The van der Waals surface area contributed by atoms with Gasteiger partial charge >= 0.3 is 5.97 Å². The zero-order valence-electron chi connectivity index (χ0n) is 14.4. The molecule has 1 aromatic carbocycles. The highest BCUT2D eigenvalue weighted by Gasteiger charge is 2.20. The van der Waals surface area contributed by atoms with Crippen LogP contribution < -0.4 is 11.1 Å². The van der Waals surface area contributed by atoms with Gasteiger partial charge in [-0.1, -0.05) is 24.0 Å². The molecule has 1 aromatic rings. The van der Waals surface area contributed by atoms with Gasteiger partial charge in [-0.15, -0.1) is 0 Å². The predicted molar refractivity (Wildman–Crippen MR) is 105 cm³/mol. The van der Waals surface area contributed by atoms with Gasteiger partial charge in [-0.25, -0.2) is 0 Å². The maximum absolute atomic E-state index is 12.1. The molecule has 0 aliphatic carbocycles. The normalized spacial score (nSPS) is 14.6. The molecule has 140 valence electrons. The summed E-state index contributed by atoms with van der Waals surface area (Å²) in [6.45, 7) is 3.34. The van der Waals surface area contributed by atoms with E-state index in [4.69, 9.17) is 22.7 Å². The summed E-state index contributed by atoms with van der Waals surface area (Å²) in [7, 11) is 0. The van der Waals surface area contributed by atoms with Crippen molar-refractivity contribution in [3.8, 4) is 0 Å². The van der Waals surface area contributed by atoms with E-state index in [0.29, 0.717) is 15.6 Å². The molecule has 3 N–H and O–H groups in total. The van der Waals surface area contributed by atoms with Gasteiger partial charge in [0.05, 0.1) is 5.75 Å². The minimum absolute atomic E-state index is 0.0697. The van der Waals surface area contributed by atoms with Crippen molar-refractivity contribution in [2.45, 2.75) is 25.9 Å². The van der Waals surface area contributed by atoms with Crippen molar-refractivity contribution >= 4 is 51.8 Å². The molecule has 0 bridgehead atoms. The molecule has 1 heterocycles. The first kappa shape index (κ1) is 20.2. The van der Waals surface area contributed by atoms with Crippen LogP contribution in [0.2, 0.25) is 0 Å². The molecule has 0 unspecified atom stereocenters. The van der Waals surface area contributed by atoms with E-state index < -0.39 is 23.9 Å². The molecule has 1 saturated heterocycles. The standard InChI is InChI=1S/C17H21N3O4S2/c1-11(16(23)19-13-6-4-12(5-7-13)15(18)22)24-14(21)10-26-17(25)20-8-2-3-9-20/h4-7,11H,2-3,8-10H2,1H3,(H2,18,22)(H,19,23)/t11-/m0/s1. The minimum atomic E-state index is -0.945. The number of hydrogen-bond acceptors (Lipinski definition) is 6. The van der Waals surface area contributed by atoms with E-state index in [0.717, 1.165) is 25.9 Å². The largest absolute Gasteiger partial charge is 0.452 e. The van der Waals surface area contributed by atoms with Crippen LogP contribution in [-0.4, -0.2) is 52.0 Å². The number of carbonyl (C=O) groups excluding carboxylic acids is 3. The van der Waals surface area contributed by atoms with E-state index in [1.165, 1.54) is 30.8 Å². The van der Waals surface area contributed by atoms with E-state index in [-0.39, 0.29) is 5.75 Å². The first-order valence-electron chi connectivity index (χ1n) is 8.18. The Kier molecular flexibility index (Phi) is 7.40. The summed E-state index contributed by atoms with van der Waals surface area (Å²) in [6.07, 6.45) is 1.28. The van der Waals surface area contributed by atoms with Gasteiger partial charge in [-0.05, 0) is 44.0 Å². The van der Waals surface area contributed by atoms with Crippen molar-refractivity contribution < 1.29 is 19.1 Å². The van der Waals surface area contributed by atoms with Crippen LogP contribution in [0.3, 0.4) is 0 Å². The Labute approximate surface area is 161 Å². The van der Waals surface area contributed by atoms with Gasteiger partial charge in [0.25, 0.3) is 5.91 Å². The van der Waals surface area contributed by atoms with Gasteiger partial charge in [0.2, 0.25) is 5.91 Å². The summed E-state index contributed by atoms with van der Waals surface area (Å²) in [5, 5.41) is 2.61. The molecular formula is C17H21N3O4S2. The molecule has 2 rings (SSSR count). The second-order valence-corrected chi connectivity index (χ2v) is 7.42. The van der Waals surface area contributed by atoms with E-state index in [2.05, 4.69) is 10.2 Å². The number of likely N-dealkylation sites (tertiary alicyclic amines) is 1. The topological polar surface area (TPSA) is 102 Å². The number of esters is 1. The Morgan fingerprint density at radius 1 is 1.27 bits per heavy atom. The van der Waals surface area contributed by atoms with Gasteiger partial charge in [0, 0.05) is 24.3 Å². The van der Waals surface area contributed by atoms with E-state index in [1.54, 1.807) is 12.1 Å². The first-order chi connectivity index (χ1) is 12.4.